The van der Waals surface area contributed by atoms with Gasteiger partial charge in [0, 0.05) is 19.6 Å². The number of benzene rings is 2. The van der Waals surface area contributed by atoms with E-state index in [1.54, 1.807) is 17.0 Å². The second-order valence-corrected chi connectivity index (χ2v) is 8.96. The van der Waals surface area contributed by atoms with Gasteiger partial charge >= 0.3 is 0 Å². The van der Waals surface area contributed by atoms with Crippen molar-refractivity contribution in [3.8, 4) is 11.5 Å². The fraction of sp³-hybridized carbons (Fsp3) is 0.280. The molecule has 0 radical (unpaired) electrons. The number of amides is 1. The van der Waals surface area contributed by atoms with E-state index in [1.807, 2.05) is 47.7 Å². The monoisotopic (exact) mass is 491 g/mol. The van der Waals surface area contributed by atoms with Crippen molar-refractivity contribution in [1.82, 2.24) is 24.1 Å². The second kappa shape index (κ2) is 9.83. The maximum absolute atomic E-state index is 13.1. The predicted molar refractivity (Wildman–Crippen MR) is 134 cm³/mol. The first-order valence-corrected chi connectivity index (χ1v) is 12.4. The van der Waals surface area contributed by atoms with Crippen molar-refractivity contribution in [3.63, 3.8) is 0 Å². The van der Waals surface area contributed by atoms with Crippen LogP contribution in [0.25, 0.3) is 16.7 Å². The summed E-state index contributed by atoms with van der Waals surface area (Å²) in [6, 6.07) is 13.1. The molecule has 1 aliphatic heterocycles. The van der Waals surface area contributed by atoms with Gasteiger partial charge in [-0.1, -0.05) is 36.0 Å². The summed E-state index contributed by atoms with van der Waals surface area (Å²) >= 11 is 1.30. The average molecular weight is 492 g/mol. The molecular formula is C25H25N5O4S. The van der Waals surface area contributed by atoms with Gasteiger partial charge < -0.3 is 14.4 Å². The smallest absolute Gasteiger partial charge is 0.263 e. The van der Waals surface area contributed by atoms with Crippen molar-refractivity contribution in [3.05, 3.63) is 71.0 Å². The lowest BCUT2D eigenvalue weighted by Gasteiger charge is -2.23. The molecule has 0 atom stereocenters. The quantitative estimate of drug-likeness (QED) is 0.276. The zero-order valence-electron chi connectivity index (χ0n) is 19.3. The van der Waals surface area contributed by atoms with Gasteiger partial charge in [0.05, 0.1) is 16.7 Å². The van der Waals surface area contributed by atoms with Gasteiger partial charge in [0.25, 0.3) is 5.56 Å². The molecule has 0 unspecified atom stereocenters. The molecule has 0 saturated carbocycles. The third-order valence-corrected chi connectivity index (χ3v) is 6.74. The number of aromatic nitrogens is 4. The Hall–Kier alpha value is -3.79. The van der Waals surface area contributed by atoms with Crippen LogP contribution in [0.5, 0.6) is 11.5 Å². The van der Waals surface area contributed by atoms with Crippen molar-refractivity contribution in [2.24, 2.45) is 0 Å². The molecule has 180 valence electrons. The number of allylic oxidation sites excluding steroid dienone is 1. The Morgan fingerprint density at radius 1 is 1.17 bits per heavy atom. The molecule has 0 saturated heterocycles. The van der Waals surface area contributed by atoms with E-state index < -0.39 is 0 Å². The molecule has 9 nitrogen and oxygen atoms in total. The number of ether oxygens (including phenoxy) is 2. The molecule has 0 N–H and O–H groups in total. The Labute approximate surface area is 206 Å². The van der Waals surface area contributed by atoms with Crippen LogP contribution < -0.4 is 15.0 Å². The van der Waals surface area contributed by atoms with Crippen LogP contribution in [-0.4, -0.2) is 55.5 Å². The lowest BCUT2D eigenvalue weighted by molar-refractivity contribution is -0.128. The van der Waals surface area contributed by atoms with Gasteiger partial charge in [0.2, 0.25) is 11.7 Å². The van der Waals surface area contributed by atoms with E-state index in [4.69, 9.17) is 9.47 Å². The van der Waals surface area contributed by atoms with Gasteiger partial charge in [-0.15, -0.1) is 16.8 Å². The number of rotatable bonds is 8. The molecular weight excluding hydrogens is 466 g/mol. The van der Waals surface area contributed by atoms with Crippen LogP contribution in [0.3, 0.4) is 0 Å². The molecule has 2 aromatic heterocycles. The van der Waals surface area contributed by atoms with Gasteiger partial charge in [-0.2, -0.15) is 0 Å². The van der Waals surface area contributed by atoms with Crippen LogP contribution in [0.1, 0.15) is 12.5 Å². The summed E-state index contributed by atoms with van der Waals surface area (Å²) in [6.07, 6.45) is 1.65. The molecule has 0 spiro atoms. The molecule has 4 aromatic rings. The SMILES string of the molecule is C=CCn1c(=O)c2ccccc2n2c(SCC(=O)N(CC)Cc3ccc4c(c3)OCCO4)nnc12. The van der Waals surface area contributed by atoms with Crippen LogP contribution in [-0.2, 0) is 17.9 Å². The molecule has 5 rings (SSSR count). The second-order valence-electron chi connectivity index (χ2n) is 8.01. The number of hydrogen-bond donors (Lipinski definition) is 0. The number of fused-ring (bicyclic) bond motifs is 4. The van der Waals surface area contributed by atoms with E-state index in [0.717, 1.165) is 11.3 Å². The van der Waals surface area contributed by atoms with Crippen molar-refractivity contribution in [1.29, 1.82) is 0 Å². The summed E-state index contributed by atoms with van der Waals surface area (Å²) in [5, 5.41) is 9.67. The lowest BCUT2D eigenvalue weighted by Crippen LogP contribution is -2.31. The predicted octanol–water partition coefficient (Wildman–Crippen LogP) is 3.14. The summed E-state index contributed by atoms with van der Waals surface area (Å²) in [6.45, 7) is 8.11. The van der Waals surface area contributed by atoms with Crippen molar-refractivity contribution in [2.75, 3.05) is 25.5 Å². The fourth-order valence-corrected chi connectivity index (χ4v) is 4.96. The summed E-state index contributed by atoms with van der Waals surface area (Å²) in [4.78, 5) is 27.8. The highest BCUT2D eigenvalue weighted by Gasteiger charge is 2.20. The highest BCUT2D eigenvalue weighted by atomic mass is 32.2. The average Bonchev–Trinajstić information content (AvgIpc) is 3.32. The minimum atomic E-state index is -0.149. The number of hydrogen-bond acceptors (Lipinski definition) is 7. The van der Waals surface area contributed by atoms with Crippen LogP contribution in [0.4, 0.5) is 0 Å². The maximum Gasteiger partial charge on any atom is 0.263 e. The minimum absolute atomic E-state index is 0.0205. The van der Waals surface area contributed by atoms with Crippen molar-refractivity contribution < 1.29 is 14.3 Å². The van der Waals surface area contributed by atoms with Crippen LogP contribution in [0, 0.1) is 0 Å². The third kappa shape index (κ3) is 4.37. The Bertz CT molecular complexity index is 1480. The van der Waals surface area contributed by atoms with E-state index in [1.165, 1.54) is 16.3 Å². The summed E-state index contributed by atoms with van der Waals surface area (Å²) in [5.74, 6) is 2.03. The molecule has 10 heteroatoms. The van der Waals surface area contributed by atoms with Gasteiger partial charge in [-0.05, 0) is 36.8 Å². The van der Waals surface area contributed by atoms with Crippen molar-refractivity contribution in [2.45, 2.75) is 25.2 Å². The van der Waals surface area contributed by atoms with Crippen LogP contribution >= 0.6 is 11.8 Å². The number of thioether (sulfide) groups is 1. The molecule has 2 aromatic carbocycles. The van der Waals surface area contributed by atoms with Gasteiger partial charge in [0.1, 0.15) is 13.2 Å². The van der Waals surface area contributed by atoms with E-state index in [9.17, 15) is 9.59 Å². The summed E-state index contributed by atoms with van der Waals surface area (Å²) < 4.78 is 14.6. The summed E-state index contributed by atoms with van der Waals surface area (Å²) in [7, 11) is 0. The molecule has 0 aliphatic carbocycles. The largest absolute Gasteiger partial charge is 0.486 e. The highest BCUT2D eigenvalue weighted by Crippen LogP contribution is 2.31. The number of para-hydroxylation sites is 1. The van der Waals surface area contributed by atoms with E-state index in [0.29, 0.717) is 60.4 Å². The van der Waals surface area contributed by atoms with Gasteiger partial charge in [-0.25, -0.2) is 0 Å². The zero-order valence-corrected chi connectivity index (χ0v) is 20.2. The number of carbonyl (C=O) groups excluding carboxylic acids is 1. The number of nitrogens with zero attached hydrogens (tertiary/aromatic N) is 5. The maximum atomic E-state index is 13.1. The van der Waals surface area contributed by atoms with Crippen LogP contribution in [0.2, 0.25) is 0 Å². The first kappa shape index (κ1) is 23.0. The molecule has 1 amide bonds. The van der Waals surface area contributed by atoms with E-state index >= 15 is 0 Å². The standard InChI is InChI=1S/C25H25N5O4S/c1-3-11-29-23(32)18-7-5-6-8-19(18)30-24(29)26-27-25(30)35-16-22(31)28(4-2)15-17-9-10-20-21(14-17)34-13-12-33-20/h3,5-10,14H,1,4,11-13,15-16H2,2H3. The Kier molecular flexibility index (Phi) is 6.45. The normalized spacial score (nSPS) is 12.7. The fourth-order valence-electron chi connectivity index (χ4n) is 4.12. The number of carbonyl (C=O) groups is 1. The van der Waals surface area contributed by atoms with Gasteiger partial charge in [-0.3, -0.25) is 18.6 Å². The van der Waals surface area contributed by atoms with E-state index in [-0.39, 0.29) is 17.2 Å². The Balaban J connectivity index is 1.38. The first-order chi connectivity index (χ1) is 17.1. The highest BCUT2D eigenvalue weighted by molar-refractivity contribution is 7.99. The first-order valence-electron chi connectivity index (χ1n) is 11.4. The summed E-state index contributed by atoms with van der Waals surface area (Å²) in [5.41, 5.74) is 1.53. The minimum Gasteiger partial charge on any atom is -0.486 e. The Morgan fingerprint density at radius 2 is 1.97 bits per heavy atom. The van der Waals surface area contributed by atoms with E-state index in [2.05, 4.69) is 16.8 Å². The van der Waals surface area contributed by atoms with Crippen molar-refractivity contribution >= 4 is 34.3 Å². The van der Waals surface area contributed by atoms with Gasteiger partial charge in [0.15, 0.2) is 16.7 Å². The zero-order chi connectivity index (χ0) is 24.4. The molecule has 1 aliphatic rings. The lowest BCUT2D eigenvalue weighted by atomic mass is 10.2. The van der Waals surface area contributed by atoms with Crippen LogP contribution in [0.15, 0.2) is 65.1 Å². The molecule has 0 fully saturated rings. The molecule has 0 bridgehead atoms. The Morgan fingerprint density at radius 3 is 2.77 bits per heavy atom. The third-order valence-electron chi connectivity index (χ3n) is 5.83. The molecule has 35 heavy (non-hydrogen) atoms. The topological polar surface area (TPSA) is 91.0 Å². The molecule has 3 heterocycles.